The van der Waals surface area contributed by atoms with Gasteiger partial charge < -0.3 is 10.1 Å². The molecular formula is C30H24N4O4S. The highest BCUT2D eigenvalue weighted by molar-refractivity contribution is 7.99. The summed E-state index contributed by atoms with van der Waals surface area (Å²) in [4.78, 5) is 25.5. The van der Waals surface area contributed by atoms with Crippen molar-refractivity contribution in [3.8, 4) is 16.9 Å². The minimum absolute atomic E-state index is 0.111. The number of anilines is 1. The first-order valence-corrected chi connectivity index (χ1v) is 12.9. The summed E-state index contributed by atoms with van der Waals surface area (Å²) in [5, 5.41) is 18.5. The number of nitrogens with zero attached hydrogens (tertiary/aromatic N) is 3. The average molecular weight is 537 g/mol. The van der Waals surface area contributed by atoms with Crippen LogP contribution in [-0.4, -0.2) is 20.6 Å². The van der Waals surface area contributed by atoms with E-state index in [1.807, 2.05) is 85.8 Å². The van der Waals surface area contributed by atoms with Crippen molar-refractivity contribution in [2.45, 2.75) is 23.4 Å². The van der Waals surface area contributed by atoms with Gasteiger partial charge in [0.15, 0.2) is 12.4 Å². The van der Waals surface area contributed by atoms with Crippen LogP contribution in [0.3, 0.4) is 0 Å². The zero-order chi connectivity index (χ0) is 27.2. The largest absolute Gasteiger partial charge is 0.471 e. The summed E-state index contributed by atoms with van der Waals surface area (Å²) in [6, 6.07) is 31.7. The molecule has 5 rings (SSSR count). The zero-order valence-corrected chi connectivity index (χ0v) is 21.8. The van der Waals surface area contributed by atoms with Gasteiger partial charge in [-0.15, -0.1) is 0 Å². The van der Waals surface area contributed by atoms with Crippen molar-refractivity contribution in [3.05, 3.63) is 131 Å². The summed E-state index contributed by atoms with van der Waals surface area (Å²) in [5.74, 6) is 0.194. The molecule has 9 heteroatoms. The van der Waals surface area contributed by atoms with E-state index in [2.05, 4.69) is 10.4 Å². The monoisotopic (exact) mass is 536 g/mol. The Morgan fingerprint density at radius 3 is 2.36 bits per heavy atom. The Hall–Kier alpha value is -4.89. The van der Waals surface area contributed by atoms with Crippen molar-refractivity contribution >= 4 is 29.0 Å². The van der Waals surface area contributed by atoms with E-state index in [1.165, 1.54) is 28.6 Å². The molecule has 0 radical (unpaired) electrons. The van der Waals surface area contributed by atoms with Gasteiger partial charge in [0, 0.05) is 33.8 Å². The molecule has 5 aromatic rings. The molecule has 0 atom stereocenters. The second-order valence-electron chi connectivity index (χ2n) is 8.75. The number of non-ortho nitro benzene ring substituents is 1. The van der Waals surface area contributed by atoms with Crippen molar-refractivity contribution in [2.75, 3.05) is 5.32 Å². The first-order chi connectivity index (χ1) is 18.9. The Bertz CT molecular complexity index is 1600. The minimum atomic E-state index is -0.479. The van der Waals surface area contributed by atoms with Gasteiger partial charge in [-0.25, -0.2) is 4.68 Å². The standard InChI is InChI=1S/C30H24N4O4S/c1-21-7-13-27(14-8-21)39-28-18-24(17-25(19-28)34(36)37)31-30(35)29-15-16-33(32-29)20-38-26-11-9-23(10-12-26)22-5-3-2-4-6-22/h2-19H,20H2,1H3,(H,31,35). The van der Waals surface area contributed by atoms with Crippen LogP contribution >= 0.6 is 11.8 Å². The molecule has 0 aliphatic carbocycles. The van der Waals surface area contributed by atoms with Gasteiger partial charge in [0.1, 0.15) is 5.75 Å². The van der Waals surface area contributed by atoms with E-state index in [4.69, 9.17) is 4.74 Å². The normalized spacial score (nSPS) is 10.7. The van der Waals surface area contributed by atoms with E-state index in [9.17, 15) is 14.9 Å². The predicted molar refractivity (Wildman–Crippen MR) is 151 cm³/mol. The number of nitrogens with one attached hydrogen (secondary N) is 1. The third-order valence-electron chi connectivity index (χ3n) is 5.81. The fourth-order valence-electron chi connectivity index (χ4n) is 3.83. The van der Waals surface area contributed by atoms with Crippen molar-refractivity contribution in [2.24, 2.45) is 0 Å². The molecule has 1 N–H and O–H groups in total. The number of amides is 1. The Morgan fingerprint density at radius 2 is 1.64 bits per heavy atom. The molecule has 1 amide bonds. The predicted octanol–water partition coefficient (Wildman–Crippen LogP) is 7.21. The van der Waals surface area contributed by atoms with E-state index in [0.29, 0.717) is 16.3 Å². The van der Waals surface area contributed by atoms with E-state index in [1.54, 1.807) is 18.3 Å². The number of nitro benzene ring substituents is 1. The molecule has 8 nitrogen and oxygen atoms in total. The van der Waals surface area contributed by atoms with Gasteiger partial charge >= 0.3 is 0 Å². The molecule has 0 aliphatic rings. The third kappa shape index (κ3) is 6.71. The van der Waals surface area contributed by atoms with Gasteiger partial charge in [-0.2, -0.15) is 5.10 Å². The summed E-state index contributed by atoms with van der Waals surface area (Å²) < 4.78 is 7.31. The first kappa shape index (κ1) is 25.7. The number of aryl methyl sites for hydroxylation is 1. The maximum Gasteiger partial charge on any atom is 0.276 e. The number of carbonyl (C=O) groups is 1. The summed E-state index contributed by atoms with van der Waals surface area (Å²) >= 11 is 1.38. The second-order valence-corrected chi connectivity index (χ2v) is 9.89. The van der Waals surface area contributed by atoms with Crippen LogP contribution in [0.1, 0.15) is 16.1 Å². The van der Waals surface area contributed by atoms with E-state index >= 15 is 0 Å². The minimum Gasteiger partial charge on any atom is -0.471 e. The Labute approximate surface area is 229 Å². The van der Waals surface area contributed by atoms with Crippen molar-refractivity contribution in [1.82, 2.24) is 9.78 Å². The molecule has 1 heterocycles. The topological polar surface area (TPSA) is 99.3 Å². The molecule has 0 bridgehead atoms. The molecule has 1 aromatic heterocycles. The summed E-state index contributed by atoms with van der Waals surface area (Å²) in [6.07, 6.45) is 1.64. The van der Waals surface area contributed by atoms with Crippen LogP contribution in [0.4, 0.5) is 11.4 Å². The zero-order valence-electron chi connectivity index (χ0n) is 21.0. The molecule has 0 spiro atoms. The van der Waals surface area contributed by atoms with Gasteiger partial charge in [0.25, 0.3) is 11.6 Å². The van der Waals surface area contributed by atoms with Crippen LogP contribution in [0, 0.1) is 17.0 Å². The van der Waals surface area contributed by atoms with Crippen LogP contribution in [0.2, 0.25) is 0 Å². The number of carbonyl (C=O) groups excluding carboxylic acids is 1. The van der Waals surface area contributed by atoms with Crippen LogP contribution in [0.15, 0.2) is 119 Å². The summed E-state index contributed by atoms with van der Waals surface area (Å²) in [7, 11) is 0. The van der Waals surface area contributed by atoms with E-state index in [0.717, 1.165) is 21.6 Å². The van der Waals surface area contributed by atoms with Crippen LogP contribution < -0.4 is 10.1 Å². The van der Waals surface area contributed by atoms with E-state index < -0.39 is 10.8 Å². The summed E-state index contributed by atoms with van der Waals surface area (Å²) in [5.41, 5.74) is 3.70. The fraction of sp³-hybridized carbons (Fsp3) is 0.0667. The maximum atomic E-state index is 12.9. The summed E-state index contributed by atoms with van der Waals surface area (Å²) in [6.45, 7) is 2.11. The molecule has 194 valence electrons. The lowest BCUT2D eigenvalue weighted by Gasteiger charge is -2.08. The number of aromatic nitrogens is 2. The van der Waals surface area contributed by atoms with Gasteiger partial charge in [0.05, 0.1) is 4.92 Å². The maximum absolute atomic E-state index is 12.9. The molecule has 0 saturated carbocycles. The number of rotatable bonds is 9. The quantitative estimate of drug-likeness (QED) is 0.158. The van der Waals surface area contributed by atoms with Crippen LogP contribution in [0.5, 0.6) is 5.75 Å². The number of ether oxygens (including phenoxy) is 1. The number of benzene rings is 4. The average Bonchev–Trinajstić information content (AvgIpc) is 3.43. The highest BCUT2D eigenvalue weighted by atomic mass is 32.2. The SMILES string of the molecule is Cc1ccc(Sc2cc(NC(=O)c3ccn(COc4ccc(-c5ccccc5)cc4)n3)cc([N+](=O)[O-])c2)cc1. The number of hydrogen-bond acceptors (Lipinski definition) is 6. The highest BCUT2D eigenvalue weighted by Crippen LogP contribution is 2.33. The Kier molecular flexibility index (Phi) is 7.70. The van der Waals surface area contributed by atoms with Gasteiger partial charge in [-0.05, 0) is 54.4 Å². The first-order valence-electron chi connectivity index (χ1n) is 12.1. The third-order valence-corrected chi connectivity index (χ3v) is 6.79. The molecular weight excluding hydrogens is 512 g/mol. The number of nitro groups is 1. The second kappa shape index (κ2) is 11.7. The van der Waals surface area contributed by atoms with E-state index in [-0.39, 0.29) is 18.1 Å². The molecule has 0 unspecified atom stereocenters. The number of hydrogen-bond donors (Lipinski definition) is 1. The van der Waals surface area contributed by atoms with Gasteiger partial charge in [-0.3, -0.25) is 14.9 Å². The Balaban J connectivity index is 1.23. The van der Waals surface area contributed by atoms with Crippen LogP contribution in [0.25, 0.3) is 11.1 Å². The lowest BCUT2D eigenvalue weighted by molar-refractivity contribution is -0.385. The van der Waals surface area contributed by atoms with Gasteiger partial charge in [0.2, 0.25) is 0 Å². The van der Waals surface area contributed by atoms with Crippen molar-refractivity contribution in [1.29, 1.82) is 0 Å². The molecule has 0 saturated heterocycles. The highest BCUT2D eigenvalue weighted by Gasteiger charge is 2.15. The Morgan fingerprint density at radius 1 is 0.923 bits per heavy atom. The lowest BCUT2D eigenvalue weighted by atomic mass is 10.1. The van der Waals surface area contributed by atoms with Crippen molar-refractivity contribution < 1.29 is 14.5 Å². The smallest absolute Gasteiger partial charge is 0.276 e. The van der Waals surface area contributed by atoms with Gasteiger partial charge in [-0.1, -0.05) is 71.9 Å². The van der Waals surface area contributed by atoms with Crippen molar-refractivity contribution in [3.63, 3.8) is 0 Å². The lowest BCUT2D eigenvalue weighted by Crippen LogP contribution is -2.14. The molecule has 4 aromatic carbocycles. The molecule has 39 heavy (non-hydrogen) atoms. The fourth-order valence-corrected chi connectivity index (χ4v) is 4.74. The van der Waals surface area contributed by atoms with Crippen LogP contribution in [-0.2, 0) is 6.73 Å². The molecule has 0 aliphatic heterocycles. The molecule has 0 fully saturated rings.